The molecule has 1 unspecified atom stereocenters. The van der Waals surface area contributed by atoms with Crippen molar-refractivity contribution in [1.29, 1.82) is 0 Å². The van der Waals surface area contributed by atoms with Gasteiger partial charge in [0.15, 0.2) is 17.6 Å². The first-order chi connectivity index (χ1) is 36.7. The quantitative estimate of drug-likeness (QED) is 0.0898. The second-order valence-electron chi connectivity index (χ2n) is 26.5. The van der Waals surface area contributed by atoms with Gasteiger partial charge in [-0.25, -0.2) is 4.79 Å². The van der Waals surface area contributed by atoms with Crippen molar-refractivity contribution in [2.45, 2.75) is 206 Å². The molecule has 2 aromatic rings. The molecule has 442 valence electrons. The molecule has 0 amide bonds. The maximum atomic E-state index is 13.5. The van der Waals surface area contributed by atoms with Crippen LogP contribution in [-0.4, -0.2) is 77.0 Å². The molecule has 12 nitrogen and oxygen atoms in total. The Hall–Kier alpha value is 0.403. The number of rotatable bonds is 8. The van der Waals surface area contributed by atoms with E-state index in [9.17, 15) is 56.2 Å². The smallest absolute Gasteiger partial charge is 1.00 e. The van der Waals surface area contributed by atoms with E-state index >= 15 is 0 Å². The van der Waals surface area contributed by atoms with Gasteiger partial charge in [0.25, 0.3) is 0 Å². The van der Waals surface area contributed by atoms with Crippen LogP contribution in [0, 0.1) is 93.7 Å². The molecule has 9 aliphatic rings. The van der Waals surface area contributed by atoms with Gasteiger partial charge in [-0.15, -0.1) is 0 Å². The largest absolute Gasteiger partial charge is 1.00 e. The molecule has 0 radical (unpaired) electrons. The predicted molar refractivity (Wildman–Crippen MR) is 282 cm³/mol. The van der Waals surface area contributed by atoms with Crippen molar-refractivity contribution in [1.82, 2.24) is 20.0 Å². The van der Waals surface area contributed by atoms with Gasteiger partial charge in [-0.1, -0.05) is 56.5 Å². The fraction of sp³-hybridized carbons (Fsp3) is 0.847. The number of fused-ring (bicyclic) bond motifs is 10. The average molecular weight is 1250 g/mol. The number of aromatic nitrogens is 4. The molecule has 1 saturated heterocycles. The van der Waals surface area contributed by atoms with Crippen molar-refractivity contribution < 1.29 is 170 Å². The monoisotopic (exact) mass is 1250 g/mol. The number of ketones is 2. The first kappa shape index (κ1) is 69.5. The van der Waals surface area contributed by atoms with E-state index in [2.05, 4.69) is 58.7 Å². The van der Waals surface area contributed by atoms with Gasteiger partial charge in [0.2, 0.25) is 0 Å². The number of halogens is 7. The van der Waals surface area contributed by atoms with Crippen molar-refractivity contribution in [3.63, 3.8) is 0 Å². The Bertz CT molecular complexity index is 2360. The molecule has 80 heavy (non-hydrogen) atoms. The summed E-state index contributed by atoms with van der Waals surface area (Å²) >= 11 is 3.46. The van der Waals surface area contributed by atoms with E-state index in [1.54, 1.807) is 5.10 Å². The van der Waals surface area contributed by atoms with Crippen LogP contribution >= 0.6 is 15.9 Å². The normalized spacial score (nSPS) is 40.5. The van der Waals surface area contributed by atoms with E-state index in [1.165, 1.54) is 62.2 Å². The molecule has 3 heterocycles. The Labute approximate surface area is 564 Å². The third-order valence-corrected chi connectivity index (χ3v) is 22.6. The average Bonchev–Trinajstić information content (AvgIpc) is 3.79. The molecule has 3 N–H and O–H groups in total. The summed E-state index contributed by atoms with van der Waals surface area (Å²) in [5.74, 6) is 8.28. The Morgan fingerprint density at radius 1 is 0.738 bits per heavy atom. The first-order valence-electron chi connectivity index (χ1n) is 29.4. The van der Waals surface area contributed by atoms with Crippen LogP contribution in [0.25, 0.3) is 0 Å². The Kier molecular flexibility index (Phi) is 24.6. The molecule has 0 aromatic carbocycles. The summed E-state index contributed by atoms with van der Waals surface area (Å²) in [6.07, 6.45) is 14.6. The van der Waals surface area contributed by atoms with Gasteiger partial charge < -0.3 is 26.5 Å². The minimum absolute atomic E-state index is 0. The van der Waals surface area contributed by atoms with Crippen LogP contribution < -0.4 is 108 Å². The predicted octanol–water partition coefficient (Wildman–Crippen LogP) is 6.27. The van der Waals surface area contributed by atoms with Crippen molar-refractivity contribution in [2.24, 2.45) is 93.7 Å². The summed E-state index contributed by atoms with van der Waals surface area (Å²) in [6.45, 7) is 13.9. The van der Waals surface area contributed by atoms with E-state index in [-0.39, 0.29) is 139 Å². The Morgan fingerprint density at radius 3 is 1.62 bits per heavy atom. The van der Waals surface area contributed by atoms with Crippen LogP contribution in [0.15, 0.2) is 24.5 Å². The first-order valence-corrected chi connectivity index (χ1v) is 30.5. The molecule has 0 spiro atoms. The van der Waals surface area contributed by atoms with Crippen LogP contribution in [0.2, 0.25) is 0 Å². The Morgan fingerprint density at radius 2 is 1.24 bits per heavy atom. The number of aromatic amines is 1. The number of hydrogen-bond acceptors (Lipinski definition) is 10. The van der Waals surface area contributed by atoms with Crippen LogP contribution in [0.3, 0.4) is 0 Å². The number of Topliss-reactive ketones (excluding diaryl/α,β-unsaturated/α-hetero) is 2. The number of ether oxygens (including phenoxy) is 1. The molecule has 2 aromatic heterocycles. The molecule has 0 bridgehead atoms. The zero-order valence-electron chi connectivity index (χ0n) is 49.6. The van der Waals surface area contributed by atoms with Crippen LogP contribution in [-0.2, 0) is 42.9 Å². The number of carbonyl (C=O) groups excluding carboxylic acids is 3. The standard InChI is InChI=1S/C27H39F3N2O2.C23H37BrO2.C5H8O4.C4H3F3N2.2K.H/c1-4-16-13-21(22(33)15-32-12-9-23(31-32)27(28,29)30)26(3)11-8-19-18-7-10-25(2,34)14-17(18)5-6-20(19)24(16)26;1-4-14-11-19(20(25)13-24)23(3)10-8-17-16-7-9-22(2,26)12-15(16)5-6-18(17)21(14)23;6-5(9-7)4-2-1-3-8-4;5-4(6,7)3-1-2-8-9-3;;;/h9,12,16-21,24,34H,4-8,10-11,13-15H2,1-3H3;14-19,21,26H,4-13H2,1-3H3;4,7H,1-3H2;1-2H,(H,8,9);;;/q;;;;2*+1;-1/p-1/t16-,17-,18+,19-,20-,21-,24+,25-,26-;14-,15-,16+,17-,18-,19-,21+,22-,23-;;;;;/m11...../s1. The van der Waals surface area contributed by atoms with Crippen LogP contribution in [0.5, 0.6) is 0 Å². The van der Waals surface area contributed by atoms with Crippen LogP contribution in [0.4, 0.5) is 26.3 Å². The number of H-pyrrole nitrogens is 1. The summed E-state index contributed by atoms with van der Waals surface area (Å²) in [6, 6.07) is 1.83. The number of alkyl halides is 7. The third kappa shape index (κ3) is 15.3. The molecule has 8 saturated carbocycles. The van der Waals surface area contributed by atoms with Crippen molar-refractivity contribution >= 4 is 33.5 Å². The molecular formula is C59H87BrF6K2N4O8. The summed E-state index contributed by atoms with van der Waals surface area (Å²) in [4.78, 5) is 39.8. The summed E-state index contributed by atoms with van der Waals surface area (Å²) < 4.78 is 79.5. The minimum Gasteiger partial charge on any atom is -1.00 e. The summed E-state index contributed by atoms with van der Waals surface area (Å²) in [7, 11) is 0. The SMILES string of the molecule is CC[C@@H]1C[C@H](C(=O)CBr)[C@@]2(C)CC[C@H]3[C@@H](CC[C@@H]4C[C@](C)(O)CC[C@@H]43)[C@H]12.CC[C@@H]1C[C@H](C(=O)Cn2ccc(C(F)(F)F)n2)[C@@]2(C)CC[C@H]3[C@@H](CC[C@@H]4C[C@](C)(O)CC[C@@H]43)[C@H]12.FC(F)(F)c1ccn[nH]1.O=C(O[O-])C1CCCO1.[H-].[K+].[K+]. The van der Waals surface area contributed by atoms with E-state index in [4.69, 9.17) is 4.74 Å². The number of carbonyl (C=O) groups is 3. The van der Waals surface area contributed by atoms with Gasteiger partial charge in [-0.2, -0.15) is 36.5 Å². The third-order valence-electron chi connectivity index (χ3n) is 22.0. The number of nitrogens with zero attached hydrogens (tertiary/aromatic N) is 3. The molecule has 9 fully saturated rings. The molecule has 21 heteroatoms. The van der Waals surface area contributed by atoms with E-state index in [1.807, 2.05) is 13.8 Å². The zero-order chi connectivity index (χ0) is 56.8. The number of hydrogen-bond donors (Lipinski definition) is 3. The van der Waals surface area contributed by atoms with Gasteiger partial charge in [0.05, 0.1) is 23.1 Å². The number of aliphatic hydroxyl groups is 2. The molecular weight excluding hydrogens is 1160 g/mol. The maximum absolute atomic E-state index is 13.5. The van der Waals surface area contributed by atoms with Crippen molar-refractivity contribution in [3.05, 3.63) is 35.9 Å². The van der Waals surface area contributed by atoms with Gasteiger partial charge in [0.1, 0.15) is 11.5 Å². The van der Waals surface area contributed by atoms with Crippen molar-refractivity contribution in [3.8, 4) is 0 Å². The van der Waals surface area contributed by atoms with Gasteiger partial charge >= 0.3 is 121 Å². The maximum Gasteiger partial charge on any atom is 1.00 e. The molecule has 8 aliphatic carbocycles. The zero-order valence-corrected chi connectivity index (χ0v) is 56.4. The summed E-state index contributed by atoms with van der Waals surface area (Å²) in [5.41, 5.74) is -2.55. The van der Waals surface area contributed by atoms with E-state index in [0.717, 1.165) is 124 Å². The number of nitrogens with one attached hydrogen (secondary N) is 1. The van der Waals surface area contributed by atoms with Gasteiger partial charge in [-0.05, 0) is 223 Å². The molecule has 11 rings (SSSR count). The molecule has 19 atom stereocenters. The fourth-order valence-corrected chi connectivity index (χ4v) is 19.2. The molecule has 1 aliphatic heterocycles. The second-order valence-corrected chi connectivity index (χ2v) is 27.1. The van der Waals surface area contributed by atoms with Gasteiger partial charge in [-0.3, -0.25) is 19.4 Å². The topological polar surface area (TPSA) is 180 Å². The second kappa shape index (κ2) is 28.3. The minimum atomic E-state index is -4.49. The Balaban J connectivity index is 0.000000225. The van der Waals surface area contributed by atoms with E-state index in [0.29, 0.717) is 59.6 Å². The van der Waals surface area contributed by atoms with E-state index < -0.39 is 47.0 Å². The summed E-state index contributed by atoms with van der Waals surface area (Å²) in [5, 5.41) is 39.8. The van der Waals surface area contributed by atoms with Gasteiger partial charge in [0, 0.05) is 30.8 Å². The van der Waals surface area contributed by atoms with Crippen molar-refractivity contribution in [2.75, 3.05) is 11.9 Å². The van der Waals surface area contributed by atoms with Crippen LogP contribution in [0.1, 0.15) is 183 Å². The fourth-order valence-electron chi connectivity index (χ4n) is 18.8.